The van der Waals surface area contributed by atoms with E-state index in [1.165, 1.54) is 0 Å². The Bertz CT molecular complexity index is 911. The van der Waals surface area contributed by atoms with E-state index in [9.17, 15) is 5.11 Å². The summed E-state index contributed by atoms with van der Waals surface area (Å²) in [5, 5.41) is 9.69. The first-order chi connectivity index (χ1) is 10.1. The van der Waals surface area contributed by atoms with Crippen LogP contribution in [0.2, 0.25) is 0 Å². The van der Waals surface area contributed by atoms with Gasteiger partial charge < -0.3 is 13.9 Å². The van der Waals surface area contributed by atoms with Crippen molar-refractivity contribution in [2.45, 2.75) is 13.8 Å². The first kappa shape index (κ1) is 12.0. The Morgan fingerprint density at radius 1 is 0.857 bits per heavy atom. The van der Waals surface area contributed by atoms with E-state index < -0.39 is 0 Å². The van der Waals surface area contributed by atoms with Gasteiger partial charge in [-0.15, -0.1) is 0 Å². The Balaban J connectivity index is 1.93. The zero-order chi connectivity index (χ0) is 14.6. The third-order valence-electron chi connectivity index (χ3n) is 3.31. The Labute approximate surface area is 119 Å². The third-order valence-corrected chi connectivity index (χ3v) is 3.31. The van der Waals surface area contributed by atoms with E-state index in [-0.39, 0.29) is 5.75 Å². The number of aromatic nitrogens is 2. The fraction of sp³-hybridized carbons (Fsp3) is 0.125. The topological polar surface area (TPSA) is 72.3 Å². The van der Waals surface area contributed by atoms with Crippen molar-refractivity contribution in [2.75, 3.05) is 0 Å². The largest absolute Gasteiger partial charge is 0.508 e. The van der Waals surface area contributed by atoms with Gasteiger partial charge in [0, 0.05) is 24.6 Å². The number of aromatic hydroxyl groups is 1. The van der Waals surface area contributed by atoms with Crippen LogP contribution in [0.25, 0.3) is 33.7 Å². The molecule has 0 saturated carbocycles. The van der Waals surface area contributed by atoms with Crippen LogP contribution in [0.5, 0.6) is 5.75 Å². The van der Waals surface area contributed by atoms with E-state index in [2.05, 4.69) is 9.97 Å². The zero-order valence-electron chi connectivity index (χ0n) is 11.5. The molecule has 0 atom stereocenters. The number of oxazole rings is 2. The second-order valence-electron chi connectivity index (χ2n) is 5.10. The molecule has 2 aromatic carbocycles. The normalized spacial score (nSPS) is 11.5. The van der Waals surface area contributed by atoms with Gasteiger partial charge in [-0.3, -0.25) is 0 Å². The second-order valence-corrected chi connectivity index (χ2v) is 5.10. The van der Waals surface area contributed by atoms with Gasteiger partial charge in [0.05, 0.1) is 0 Å². The molecule has 0 aliphatic heterocycles. The van der Waals surface area contributed by atoms with Gasteiger partial charge in [0.1, 0.15) is 16.8 Å². The summed E-state index contributed by atoms with van der Waals surface area (Å²) in [7, 11) is 0. The fourth-order valence-corrected chi connectivity index (χ4v) is 2.47. The Kier molecular flexibility index (Phi) is 2.33. The molecule has 104 valence electrons. The van der Waals surface area contributed by atoms with Crippen LogP contribution in [-0.2, 0) is 0 Å². The van der Waals surface area contributed by atoms with Crippen molar-refractivity contribution >= 4 is 22.2 Å². The number of nitrogens with zero attached hydrogens (tertiary/aromatic N) is 2. The molecule has 0 aliphatic carbocycles. The van der Waals surface area contributed by atoms with Crippen LogP contribution in [0.4, 0.5) is 0 Å². The molecule has 0 radical (unpaired) electrons. The van der Waals surface area contributed by atoms with Gasteiger partial charge >= 0.3 is 0 Å². The average Bonchev–Trinajstić information content (AvgIpc) is 2.95. The van der Waals surface area contributed by atoms with E-state index in [1.54, 1.807) is 19.1 Å². The molecule has 5 heteroatoms. The van der Waals surface area contributed by atoms with Crippen LogP contribution in [0.1, 0.15) is 11.5 Å². The number of hydrogen-bond acceptors (Lipinski definition) is 5. The summed E-state index contributed by atoms with van der Waals surface area (Å²) in [6.45, 7) is 3.71. The number of aryl methyl sites for hydroxylation is 2. The van der Waals surface area contributed by atoms with Crippen LogP contribution in [0, 0.1) is 13.8 Å². The lowest BCUT2D eigenvalue weighted by molar-refractivity contribution is 0.474. The molecule has 2 heterocycles. The number of benzene rings is 2. The number of phenols is 1. The lowest BCUT2D eigenvalue weighted by Gasteiger charge is -1.99. The molecule has 2 aromatic heterocycles. The highest BCUT2D eigenvalue weighted by molar-refractivity contribution is 5.90. The van der Waals surface area contributed by atoms with Gasteiger partial charge in [-0.25, -0.2) is 9.97 Å². The zero-order valence-corrected chi connectivity index (χ0v) is 11.5. The predicted molar refractivity (Wildman–Crippen MR) is 78.2 cm³/mol. The summed E-state index contributed by atoms with van der Waals surface area (Å²) < 4.78 is 11.3. The molecule has 0 fully saturated rings. The van der Waals surface area contributed by atoms with Crippen molar-refractivity contribution in [1.82, 2.24) is 9.97 Å². The third kappa shape index (κ3) is 1.94. The SMILES string of the molecule is Cc1cc(O)cc(-c2nc3cc4oc(C)nc4cc3o2)c1. The minimum absolute atomic E-state index is 0.193. The van der Waals surface area contributed by atoms with E-state index in [0.717, 1.165) is 16.6 Å². The Morgan fingerprint density at radius 3 is 2.33 bits per heavy atom. The van der Waals surface area contributed by atoms with Gasteiger partial charge in [-0.1, -0.05) is 0 Å². The number of phenolic OH excluding ortho intramolecular Hbond substituents is 1. The minimum atomic E-state index is 0.193. The predicted octanol–water partition coefficient (Wildman–Crippen LogP) is 3.96. The molecular formula is C16H12N2O3. The standard InChI is InChI=1S/C16H12N2O3/c1-8-3-10(5-11(19)4-8)16-18-13-7-14-12(6-15(13)21-16)17-9(2)20-14/h3-7,19H,1-2H3. The first-order valence-electron chi connectivity index (χ1n) is 6.57. The first-order valence-corrected chi connectivity index (χ1v) is 6.57. The second kappa shape index (κ2) is 4.09. The average molecular weight is 280 g/mol. The summed E-state index contributed by atoms with van der Waals surface area (Å²) in [4.78, 5) is 8.74. The van der Waals surface area contributed by atoms with Crippen LogP contribution < -0.4 is 0 Å². The van der Waals surface area contributed by atoms with E-state index in [0.29, 0.717) is 28.5 Å². The molecule has 21 heavy (non-hydrogen) atoms. The summed E-state index contributed by atoms with van der Waals surface area (Å²) in [6, 6.07) is 8.85. The van der Waals surface area contributed by atoms with Crippen molar-refractivity contribution < 1.29 is 13.9 Å². The van der Waals surface area contributed by atoms with Crippen molar-refractivity contribution in [1.29, 1.82) is 0 Å². The summed E-state index contributed by atoms with van der Waals surface area (Å²) in [6.07, 6.45) is 0. The van der Waals surface area contributed by atoms with Crippen LogP contribution in [-0.4, -0.2) is 15.1 Å². The van der Waals surface area contributed by atoms with Gasteiger partial charge in [0.15, 0.2) is 17.1 Å². The van der Waals surface area contributed by atoms with Crippen molar-refractivity contribution in [3.63, 3.8) is 0 Å². The smallest absolute Gasteiger partial charge is 0.227 e. The van der Waals surface area contributed by atoms with Crippen LogP contribution in [0.15, 0.2) is 39.2 Å². The minimum Gasteiger partial charge on any atom is -0.508 e. The lowest BCUT2D eigenvalue weighted by atomic mass is 10.1. The summed E-state index contributed by atoms with van der Waals surface area (Å²) in [5.74, 6) is 1.27. The van der Waals surface area contributed by atoms with Crippen LogP contribution >= 0.6 is 0 Å². The fourth-order valence-electron chi connectivity index (χ4n) is 2.47. The Morgan fingerprint density at radius 2 is 1.57 bits per heavy atom. The lowest BCUT2D eigenvalue weighted by Crippen LogP contribution is -1.79. The molecule has 0 amide bonds. The number of rotatable bonds is 1. The van der Waals surface area contributed by atoms with E-state index in [1.807, 2.05) is 25.1 Å². The molecule has 4 aromatic rings. The van der Waals surface area contributed by atoms with Gasteiger partial charge in [-0.2, -0.15) is 0 Å². The molecule has 5 nitrogen and oxygen atoms in total. The highest BCUT2D eigenvalue weighted by Gasteiger charge is 2.12. The maximum Gasteiger partial charge on any atom is 0.227 e. The molecular weight excluding hydrogens is 268 g/mol. The monoisotopic (exact) mass is 280 g/mol. The van der Waals surface area contributed by atoms with Gasteiger partial charge in [-0.05, 0) is 30.7 Å². The molecule has 4 rings (SSSR count). The van der Waals surface area contributed by atoms with Crippen molar-refractivity contribution in [3.8, 4) is 17.2 Å². The van der Waals surface area contributed by atoms with Crippen molar-refractivity contribution in [2.24, 2.45) is 0 Å². The summed E-state index contributed by atoms with van der Waals surface area (Å²) in [5.41, 5.74) is 4.46. The van der Waals surface area contributed by atoms with Crippen molar-refractivity contribution in [3.05, 3.63) is 41.8 Å². The Hall–Kier alpha value is -2.82. The number of fused-ring (bicyclic) bond motifs is 2. The maximum atomic E-state index is 9.69. The highest BCUT2D eigenvalue weighted by Crippen LogP contribution is 2.30. The maximum absolute atomic E-state index is 9.69. The van der Waals surface area contributed by atoms with Crippen LogP contribution in [0.3, 0.4) is 0 Å². The highest BCUT2D eigenvalue weighted by atomic mass is 16.4. The van der Waals surface area contributed by atoms with Gasteiger partial charge in [0.25, 0.3) is 0 Å². The molecule has 0 aliphatic rings. The molecule has 1 N–H and O–H groups in total. The van der Waals surface area contributed by atoms with E-state index >= 15 is 0 Å². The molecule has 0 unspecified atom stereocenters. The molecule has 0 bridgehead atoms. The number of hydrogen-bond donors (Lipinski definition) is 1. The van der Waals surface area contributed by atoms with E-state index in [4.69, 9.17) is 8.83 Å². The molecule has 0 saturated heterocycles. The summed E-state index contributed by atoms with van der Waals surface area (Å²) >= 11 is 0. The van der Waals surface area contributed by atoms with Gasteiger partial charge in [0.2, 0.25) is 5.89 Å². The quantitative estimate of drug-likeness (QED) is 0.571. The molecule has 0 spiro atoms.